The van der Waals surface area contributed by atoms with Gasteiger partial charge in [-0.3, -0.25) is 0 Å². The molecule has 0 heterocycles. The molecule has 0 atom stereocenters. The first kappa shape index (κ1) is 7.94. The highest BCUT2D eigenvalue weighted by Gasteiger charge is 2.16. The van der Waals surface area contributed by atoms with Gasteiger partial charge in [0.15, 0.2) is 13.5 Å². The molecule has 0 amide bonds. The van der Waals surface area contributed by atoms with Crippen LogP contribution in [0.5, 0.6) is 0 Å². The summed E-state index contributed by atoms with van der Waals surface area (Å²) in [6.07, 6.45) is 0. The van der Waals surface area contributed by atoms with E-state index in [-0.39, 0.29) is 13.5 Å². The van der Waals surface area contributed by atoms with Crippen LogP contribution in [0.15, 0.2) is 0 Å². The summed E-state index contributed by atoms with van der Waals surface area (Å²) in [4.78, 5) is 0. The van der Waals surface area contributed by atoms with Gasteiger partial charge in [0, 0.05) is 4.57 Å². The van der Waals surface area contributed by atoms with Crippen LogP contribution < -0.4 is 11.5 Å². The van der Waals surface area contributed by atoms with Gasteiger partial charge in [-0.1, -0.05) is 0 Å². The van der Waals surface area contributed by atoms with Crippen molar-refractivity contribution >= 4 is 8.25 Å². The molecular weight excluding hydrogens is 131 g/mol. The molecule has 0 radical (unpaired) electrons. The zero-order valence-corrected chi connectivity index (χ0v) is 5.14. The molecular formula is C2H8N2O3P+. The molecule has 0 saturated heterocycles. The van der Waals surface area contributed by atoms with Gasteiger partial charge in [-0.05, 0) is 0 Å². The van der Waals surface area contributed by atoms with Gasteiger partial charge in [0.1, 0.15) is 0 Å². The van der Waals surface area contributed by atoms with Gasteiger partial charge in [-0.25, -0.2) is 0 Å². The molecule has 5 nitrogen and oxygen atoms in total. The highest BCUT2D eigenvalue weighted by atomic mass is 31.1. The third-order valence-corrected chi connectivity index (χ3v) is 1.08. The molecule has 0 bridgehead atoms. The Morgan fingerprint density at radius 3 is 1.88 bits per heavy atom. The van der Waals surface area contributed by atoms with Crippen molar-refractivity contribution in [3.63, 3.8) is 0 Å². The Morgan fingerprint density at radius 1 is 1.25 bits per heavy atom. The fraction of sp³-hybridized carbons (Fsp3) is 1.00. The van der Waals surface area contributed by atoms with Crippen molar-refractivity contribution in [3.8, 4) is 0 Å². The average molecular weight is 139 g/mol. The van der Waals surface area contributed by atoms with Crippen molar-refractivity contribution in [2.75, 3.05) is 13.5 Å². The van der Waals surface area contributed by atoms with E-state index >= 15 is 0 Å². The van der Waals surface area contributed by atoms with E-state index < -0.39 is 8.25 Å². The van der Waals surface area contributed by atoms with Crippen molar-refractivity contribution in [1.82, 2.24) is 0 Å². The molecule has 0 saturated carbocycles. The van der Waals surface area contributed by atoms with Gasteiger partial charge in [-0.15, -0.1) is 9.05 Å². The number of nitrogens with two attached hydrogens (primary N) is 2. The maximum Gasteiger partial charge on any atom is 0.700 e. The molecule has 8 heavy (non-hydrogen) atoms. The van der Waals surface area contributed by atoms with Crippen LogP contribution in [0.2, 0.25) is 0 Å². The number of rotatable bonds is 4. The van der Waals surface area contributed by atoms with E-state index in [1.54, 1.807) is 0 Å². The van der Waals surface area contributed by atoms with Gasteiger partial charge < -0.3 is 11.5 Å². The highest BCUT2D eigenvalue weighted by molar-refractivity contribution is 7.33. The van der Waals surface area contributed by atoms with Crippen LogP contribution in [0.1, 0.15) is 0 Å². The van der Waals surface area contributed by atoms with E-state index in [0.717, 1.165) is 0 Å². The monoisotopic (exact) mass is 139 g/mol. The highest BCUT2D eigenvalue weighted by Crippen LogP contribution is 2.20. The molecule has 0 aliphatic rings. The Bertz CT molecular complexity index is 69.7. The van der Waals surface area contributed by atoms with Gasteiger partial charge in [0.25, 0.3) is 0 Å². The molecule has 0 unspecified atom stereocenters. The minimum atomic E-state index is -2.08. The maximum atomic E-state index is 10.2. The first-order valence-corrected chi connectivity index (χ1v) is 3.04. The van der Waals surface area contributed by atoms with Gasteiger partial charge >= 0.3 is 8.25 Å². The summed E-state index contributed by atoms with van der Waals surface area (Å²) >= 11 is 0. The molecule has 0 fully saturated rings. The lowest BCUT2D eigenvalue weighted by molar-refractivity contribution is 0.235. The van der Waals surface area contributed by atoms with E-state index in [1.807, 2.05) is 0 Å². The summed E-state index contributed by atoms with van der Waals surface area (Å²) in [5, 5.41) is 0. The second kappa shape index (κ2) is 5.08. The van der Waals surface area contributed by atoms with Crippen molar-refractivity contribution < 1.29 is 13.6 Å². The van der Waals surface area contributed by atoms with E-state index in [9.17, 15) is 4.57 Å². The molecule has 0 aliphatic heterocycles. The summed E-state index contributed by atoms with van der Waals surface area (Å²) in [7, 11) is -2.08. The van der Waals surface area contributed by atoms with E-state index in [4.69, 9.17) is 11.5 Å². The van der Waals surface area contributed by atoms with Crippen LogP contribution in [-0.2, 0) is 13.6 Å². The van der Waals surface area contributed by atoms with Crippen LogP contribution in [0.3, 0.4) is 0 Å². The molecule has 0 rings (SSSR count). The quantitative estimate of drug-likeness (QED) is 0.405. The summed E-state index contributed by atoms with van der Waals surface area (Å²) in [5.41, 5.74) is 9.67. The third-order valence-electron chi connectivity index (χ3n) is 0.360. The largest absolute Gasteiger partial charge is 0.700 e. The molecule has 0 aromatic rings. The lowest BCUT2D eigenvalue weighted by atomic mass is 11.4. The Balaban J connectivity index is 3.06. The third kappa shape index (κ3) is 4.11. The molecule has 6 heteroatoms. The van der Waals surface area contributed by atoms with Crippen LogP contribution in [0.4, 0.5) is 0 Å². The van der Waals surface area contributed by atoms with Crippen LogP contribution in [-0.4, -0.2) is 13.5 Å². The van der Waals surface area contributed by atoms with E-state index in [1.165, 1.54) is 0 Å². The predicted octanol–water partition coefficient (Wildman–Crippen LogP) is -0.491. The lowest BCUT2D eigenvalue weighted by Crippen LogP contribution is -2.03. The fourth-order valence-corrected chi connectivity index (χ4v) is 0.477. The normalized spacial score (nSPS) is 9.25. The SMILES string of the molecule is NCO[P+](=O)OCN. The first-order valence-electron chi connectivity index (χ1n) is 1.94. The number of hydrogen-bond donors (Lipinski definition) is 2. The van der Waals surface area contributed by atoms with Crippen molar-refractivity contribution in [2.24, 2.45) is 11.5 Å². The zero-order chi connectivity index (χ0) is 6.41. The second-order valence-electron chi connectivity index (χ2n) is 0.815. The summed E-state index contributed by atoms with van der Waals surface area (Å²) < 4.78 is 18.7. The van der Waals surface area contributed by atoms with Crippen molar-refractivity contribution in [3.05, 3.63) is 0 Å². The lowest BCUT2D eigenvalue weighted by Gasteiger charge is -1.79. The van der Waals surface area contributed by atoms with Crippen molar-refractivity contribution in [2.45, 2.75) is 0 Å². The molecule has 4 N–H and O–H groups in total. The minimum Gasteiger partial charge on any atom is -0.304 e. The second-order valence-corrected chi connectivity index (χ2v) is 1.78. The Labute approximate surface area is 47.9 Å². The fourth-order valence-electron chi connectivity index (χ4n) is 0.159. The molecule has 0 spiro atoms. The minimum absolute atomic E-state index is 0.116. The molecule has 0 aromatic heterocycles. The summed E-state index contributed by atoms with van der Waals surface area (Å²) in [6, 6.07) is 0. The maximum absolute atomic E-state index is 10.2. The van der Waals surface area contributed by atoms with Gasteiger partial charge in [0.2, 0.25) is 0 Å². The van der Waals surface area contributed by atoms with Crippen LogP contribution in [0.25, 0.3) is 0 Å². The molecule has 0 aliphatic carbocycles. The Kier molecular flexibility index (Phi) is 5.05. The standard InChI is InChI=1S/C2H8N2O3P/c3-1-6-8(5)7-2-4/h1-4H2/q+1. The summed E-state index contributed by atoms with van der Waals surface area (Å²) in [5.74, 6) is 0. The van der Waals surface area contributed by atoms with E-state index in [2.05, 4.69) is 9.05 Å². The topological polar surface area (TPSA) is 87.6 Å². The van der Waals surface area contributed by atoms with Gasteiger partial charge in [-0.2, -0.15) is 0 Å². The molecule has 0 aromatic carbocycles. The molecule has 48 valence electrons. The number of hydrogen-bond acceptors (Lipinski definition) is 5. The van der Waals surface area contributed by atoms with Gasteiger partial charge in [0.05, 0.1) is 0 Å². The smallest absolute Gasteiger partial charge is 0.304 e. The first-order chi connectivity index (χ1) is 3.81. The van der Waals surface area contributed by atoms with Crippen molar-refractivity contribution in [1.29, 1.82) is 0 Å². The zero-order valence-electron chi connectivity index (χ0n) is 4.24. The summed E-state index contributed by atoms with van der Waals surface area (Å²) in [6.45, 7) is -0.232. The Morgan fingerprint density at radius 2 is 1.62 bits per heavy atom. The van der Waals surface area contributed by atoms with Crippen LogP contribution >= 0.6 is 8.25 Å². The average Bonchev–Trinajstić information content (AvgIpc) is 1.68. The van der Waals surface area contributed by atoms with Crippen LogP contribution in [0, 0.1) is 0 Å². The Hall–Kier alpha value is -0.0600. The predicted molar refractivity (Wildman–Crippen MR) is 27.9 cm³/mol. The van der Waals surface area contributed by atoms with E-state index in [0.29, 0.717) is 0 Å².